The first-order chi connectivity index (χ1) is 12.8. The molecule has 2 aliphatic rings. The van der Waals surface area contributed by atoms with Crippen LogP contribution in [0, 0.1) is 5.92 Å². The Hall–Kier alpha value is -2.13. The monoisotopic (exact) mass is 349 g/mol. The van der Waals surface area contributed by atoms with Gasteiger partial charge in [0, 0.05) is 17.2 Å². The molecular formula is C23H29N2O+. The van der Waals surface area contributed by atoms with Crippen molar-refractivity contribution in [2.45, 2.75) is 44.6 Å². The molecular weight excluding hydrogens is 320 g/mol. The average molecular weight is 349 g/mol. The molecule has 1 aliphatic carbocycles. The second-order valence-corrected chi connectivity index (χ2v) is 7.84. The van der Waals surface area contributed by atoms with Crippen molar-refractivity contribution in [1.82, 2.24) is 0 Å². The number of likely N-dealkylation sites (tertiary alicyclic amines) is 1. The maximum atomic E-state index is 12.8. The molecule has 1 unspecified atom stereocenters. The number of fused-ring (bicyclic) bond motifs is 1. The SMILES string of the molecule is O=C(C[NH+]1CCC[C@H]2CCCC[C@@H]21)Nc1ccccc1-c1ccccc1. The maximum Gasteiger partial charge on any atom is 0.279 e. The summed E-state index contributed by atoms with van der Waals surface area (Å²) in [4.78, 5) is 14.3. The highest BCUT2D eigenvalue weighted by molar-refractivity contribution is 5.96. The summed E-state index contributed by atoms with van der Waals surface area (Å²) in [5, 5.41) is 3.19. The Balaban J connectivity index is 1.45. The van der Waals surface area contributed by atoms with Crippen molar-refractivity contribution in [3.05, 3.63) is 54.6 Å². The number of rotatable bonds is 4. The Labute approximate surface area is 156 Å². The van der Waals surface area contributed by atoms with Gasteiger partial charge in [-0.25, -0.2) is 0 Å². The Bertz CT molecular complexity index is 741. The van der Waals surface area contributed by atoms with Crippen LogP contribution in [0.1, 0.15) is 38.5 Å². The number of hydrogen-bond acceptors (Lipinski definition) is 1. The van der Waals surface area contributed by atoms with Crippen molar-refractivity contribution in [2.75, 3.05) is 18.4 Å². The van der Waals surface area contributed by atoms with E-state index in [-0.39, 0.29) is 5.91 Å². The number of para-hydroxylation sites is 1. The molecule has 2 N–H and O–H groups in total. The van der Waals surface area contributed by atoms with Crippen LogP contribution in [0.15, 0.2) is 54.6 Å². The van der Waals surface area contributed by atoms with Gasteiger partial charge in [-0.2, -0.15) is 0 Å². The van der Waals surface area contributed by atoms with Crippen molar-refractivity contribution >= 4 is 11.6 Å². The molecule has 2 aromatic carbocycles. The first kappa shape index (κ1) is 17.3. The summed E-state index contributed by atoms with van der Waals surface area (Å²) in [5.41, 5.74) is 3.15. The van der Waals surface area contributed by atoms with Gasteiger partial charge in [0.05, 0.1) is 12.6 Å². The lowest BCUT2D eigenvalue weighted by molar-refractivity contribution is -0.928. The molecule has 4 rings (SSSR count). The number of hydrogen-bond donors (Lipinski definition) is 2. The third kappa shape index (κ3) is 3.83. The molecule has 2 aromatic rings. The van der Waals surface area contributed by atoms with Crippen molar-refractivity contribution in [3.8, 4) is 11.1 Å². The number of amides is 1. The fourth-order valence-corrected chi connectivity index (χ4v) is 4.95. The van der Waals surface area contributed by atoms with Gasteiger partial charge in [-0.1, -0.05) is 55.0 Å². The highest BCUT2D eigenvalue weighted by atomic mass is 16.2. The molecule has 1 saturated heterocycles. The summed E-state index contributed by atoms with van der Waals surface area (Å²) in [6.45, 7) is 1.75. The van der Waals surface area contributed by atoms with Crippen molar-refractivity contribution in [1.29, 1.82) is 0 Å². The predicted octanol–water partition coefficient (Wildman–Crippen LogP) is 3.53. The zero-order valence-corrected chi connectivity index (χ0v) is 15.4. The van der Waals surface area contributed by atoms with Crippen LogP contribution in [0.4, 0.5) is 5.69 Å². The number of carbonyl (C=O) groups is 1. The molecule has 1 aliphatic heterocycles. The van der Waals surface area contributed by atoms with Gasteiger partial charge < -0.3 is 10.2 Å². The maximum absolute atomic E-state index is 12.8. The Morgan fingerprint density at radius 2 is 1.65 bits per heavy atom. The molecule has 1 saturated carbocycles. The Kier molecular flexibility index (Phi) is 5.35. The van der Waals surface area contributed by atoms with Crippen LogP contribution in [0.2, 0.25) is 0 Å². The molecule has 1 heterocycles. The highest BCUT2D eigenvalue weighted by Gasteiger charge is 2.37. The molecule has 0 bridgehead atoms. The summed E-state index contributed by atoms with van der Waals surface area (Å²) in [6.07, 6.45) is 8.02. The first-order valence-corrected chi connectivity index (χ1v) is 10.1. The lowest BCUT2D eigenvalue weighted by Gasteiger charge is -2.40. The largest absolute Gasteiger partial charge is 0.324 e. The van der Waals surface area contributed by atoms with Gasteiger partial charge in [-0.05, 0) is 43.7 Å². The van der Waals surface area contributed by atoms with Crippen LogP contribution in [-0.2, 0) is 4.79 Å². The molecule has 136 valence electrons. The molecule has 0 aromatic heterocycles. The Morgan fingerprint density at radius 1 is 0.923 bits per heavy atom. The number of quaternary nitrogens is 1. The minimum absolute atomic E-state index is 0.148. The topological polar surface area (TPSA) is 33.5 Å². The van der Waals surface area contributed by atoms with E-state index < -0.39 is 0 Å². The van der Waals surface area contributed by atoms with Crippen LogP contribution in [0.5, 0.6) is 0 Å². The van der Waals surface area contributed by atoms with Gasteiger partial charge in [0.1, 0.15) is 0 Å². The fraction of sp³-hybridized carbons (Fsp3) is 0.435. The summed E-state index contributed by atoms with van der Waals surface area (Å²) in [7, 11) is 0. The molecule has 26 heavy (non-hydrogen) atoms. The summed E-state index contributed by atoms with van der Waals surface area (Å²) < 4.78 is 0. The average Bonchev–Trinajstić information content (AvgIpc) is 2.69. The minimum atomic E-state index is 0.148. The quantitative estimate of drug-likeness (QED) is 0.870. The molecule has 2 fully saturated rings. The summed E-state index contributed by atoms with van der Waals surface area (Å²) >= 11 is 0. The van der Waals surface area contributed by atoms with Gasteiger partial charge in [-0.3, -0.25) is 4.79 Å². The highest BCUT2D eigenvalue weighted by Crippen LogP contribution is 2.29. The van der Waals surface area contributed by atoms with E-state index >= 15 is 0 Å². The number of anilines is 1. The lowest BCUT2D eigenvalue weighted by Crippen LogP contribution is -3.18. The second-order valence-electron chi connectivity index (χ2n) is 7.84. The van der Waals surface area contributed by atoms with E-state index in [0.717, 1.165) is 29.3 Å². The van der Waals surface area contributed by atoms with Crippen LogP contribution in [-0.4, -0.2) is 25.0 Å². The number of piperidine rings is 1. The van der Waals surface area contributed by atoms with Gasteiger partial charge in [-0.15, -0.1) is 0 Å². The van der Waals surface area contributed by atoms with E-state index in [1.54, 1.807) is 0 Å². The molecule has 0 spiro atoms. The molecule has 3 nitrogen and oxygen atoms in total. The molecule has 3 atom stereocenters. The third-order valence-electron chi connectivity index (χ3n) is 6.18. The smallest absolute Gasteiger partial charge is 0.279 e. The van der Waals surface area contributed by atoms with E-state index in [4.69, 9.17) is 0 Å². The summed E-state index contributed by atoms with van der Waals surface area (Å²) in [5.74, 6) is 0.992. The zero-order chi connectivity index (χ0) is 17.8. The van der Waals surface area contributed by atoms with Crippen LogP contribution < -0.4 is 10.2 Å². The van der Waals surface area contributed by atoms with E-state index in [0.29, 0.717) is 12.6 Å². The number of nitrogens with one attached hydrogen (secondary N) is 2. The van der Waals surface area contributed by atoms with Gasteiger partial charge in [0.2, 0.25) is 0 Å². The van der Waals surface area contributed by atoms with Gasteiger partial charge >= 0.3 is 0 Å². The Morgan fingerprint density at radius 3 is 2.54 bits per heavy atom. The van der Waals surface area contributed by atoms with Crippen LogP contribution in [0.25, 0.3) is 11.1 Å². The number of benzene rings is 2. The van der Waals surface area contributed by atoms with E-state index in [1.165, 1.54) is 43.4 Å². The standard InChI is InChI=1S/C23H28N2O/c26-23(17-25-16-8-12-19-11-4-7-15-22(19)25)24-21-14-6-5-13-20(21)18-9-2-1-3-10-18/h1-3,5-6,9-10,13-14,19,22H,4,7-8,11-12,15-17H2,(H,24,26)/p+1/t19-,22+/m1/s1. The fourth-order valence-electron chi connectivity index (χ4n) is 4.95. The van der Waals surface area contributed by atoms with Crippen molar-refractivity contribution < 1.29 is 9.69 Å². The van der Waals surface area contributed by atoms with E-state index in [2.05, 4.69) is 23.5 Å². The van der Waals surface area contributed by atoms with Crippen LogP contribution in [0.3, 0.4) is 0 Å². The normalized spacial score (nSPS) is 25.3. The number of carbonyl (C=O) groups excluding carboxylic acids is 1. The third-order valence-corrected chi connectivity index (χ3v) is 6.18. The van der Waals surface area contributed by atoms with Gasteiger partial charge in [0.15, 0.2) is 6.54 Å². The second kappa shape index (κ2) is 8.05. The molecule has 0 radical (unpaired) electrons. The van der Waals surface area contributed by atoms with Crippen molar-refractivity contribution in [2.24, 2.45) is 5.92 Å². The van der Waals surface area contributed by atoms with E-state index in [1.807, 2.05) is 36.4 Å². The lowest BCUT2D eigenvalue weighted by atomic mass is 9.78. The molecule has 3 heteroatoms. The zero-order valence-electron chi connectivity index (χ0n) is 15.4. The van der Waals surface area contributed by atoms with Crippen LogP contribution >= 0.6 is 0 Å². The predicted molar refractivity (Wildman–Crippen MR) is 106 cm³/mol. The first-order valence-electron chi connectivity index (χ1n) is 10.1. The minimum Gasteiger partial charge on any atom is -0.324 e. The molecule has 1 amide bonds. The van der Waals surface area contributed by atoms with Crippen molar-refractivity contribution in [3.63, 3.8) is 0 Å². The van der Waals surface area contributed by atoms with E-state index in [9.17, 15) is 4.79 Å². The summed E-state index contributed by atoms with van der Waals surface area (Å²) in [6, 6.07) is 19.1. The van der Waals surface area contributed by atoms with Gasteiger partial charge in [0.25, 0.3) is 5.91 Å².